The van der Waals surface area contributed by atoms with Crippen molar-refractivity contribution in [2.45, 2.75) is 13.3 Å². The number of ketones is 1. The third-order valence-electron chi connectivity index (χ3n) is 3.57. The van der Waals surface area contributed by atoms with Crippen molar-refractivity contribution in [3.63, 3.8) is 0 Å². The van der Waals surface area contributed by atoms with Gasteiger partial charge in [0.15, 0.2) is 5.78 Å². The van der Waals surface area contributed by atoms with Crippen molar-refractivity contribution in [2.75, 3.05) is 6.54 Å². The van der Waals surface area contributed by atoms with Gasteiger partial charge in [0, 0.05) is 23.7 Å². The molecule has 1 N–H and O–H groups in total. The van der Waals surface area contributed by atoms with Gasteiger partial charge in [-0.05, 0) is 30.9 Å². The minimum absolute atomic E-state index is 0.124. The van der Waals surface area contributed by atoms with Crippen LogP contribution in [0, 0.1) is 11.3 Å². The van der Waals surface area contributed by atoms with Crippen molar-refractivity contribution in [1.82, 2.24) is 5.32 Å². The van der Waals surface area contributed by atoms with E-state index in [1.807, 2.05) is 13.0 Å². The summed E-state index contributed by atoms with van der Waals surface area (Å²) in [7, 11) is 0. The molecule has 1 saturated carbocycles. The van der Waals surface area contributed by atoms with Gasteiger partial charge in [0.2, 0.25) is 0 Å². The van der Waals surface area contributed by atoms with E-state index >= 15 is 0 Å². The normalized spacial score (nSPS) is 38.6. The molecule has 0 aromatic carbocycles. The van der Waals surface area contributed by atoms with E-state index in [4.69, 9.17) is 0 Å². The summed E-state index contributed by atoms with van der Waals surface area (Å²) in [6, 6.07) is 0. The highest BCUT2D eigenvalue weighted by Crippen LogP contribution is 2.65. The van der Waals surface area contributed by atoms with Crippen LogP contribution in [0.25, 0.3) is 0 Å². The maximum atomic E-state index is 11.4. The molecule has 0 radical (unpaired) electrons. The Morgan fingerprint density at radius 3 is 3.14 bits per heavy atom. The summed E-state index contributed by atoms with van der Waals surface area (Å²) in [5, 5.41) is 3.33. The number of carbonyl (C=O) groups is 1. The predicted octanol–water partition coefficient (Wildman–Crippen LogP) is 1.56. The molecular formula is C12H13NO. The largest absolute Gasteiger partial charge is 0.387 e. The van der Waals surface area contributed by atoms with E-state index in [-0.39, 0.29) is 11.2 Å². The lowest BCUT2D eigenvalue weighted by Gasteiger charge is -2.20. The van der Waals surface area contributed by atoms with Crippen molar-refractivity contribution in [3.8, 4) is 0 Å². The average molecular weight is 187 g/mol. The molecule has 3 rings (SSSR count). The molecule has 0 aromatic heterocycles. The Morgan fingerprint density at radius 2 is 2.43 bits per heavy atom. The molecule has 2 fully saturated rings. The van der Waals surface area contributed by atoms with Crippen molar-refractivity contribution >= 4 is 5.78 Å². The minimum Gasteiger partial charge on any atom is -0.387 e. The second-order valence-electron chi connectivity index (χ2n) is 4.31. The first-order chi connectivity index (χ1) is 6.77. The standard InChI is InChI=1S/C12H13NO/c1-2-3-8-4-10(14)5-11-12(8)6-9(12)7-13-11/h2-5,9,13H,6-7H2,1H3. The molecule has 0 amide bonds. The Labute approximate surface area is 83.4 Å². The Balaban J connectivity index is 2.09. The molecule has 3 aliphatic rings. The zero-order valence-corrected chi connectivity index (χ0v) is 8.21. The van der Waals surface area contributed by atoms with E-state index in [1.54, 1.807) is 12.2 Å². The Bertz CT molecular complexity index is 403. The summed E-state index contributed by atoms with van der Waals surface area (Å²) < 4.78 is 0. The van der Waals surface area contributed by atoms with Gasteiger partial charge in [-0.25, -0.2) is 0 Å². The molecule has 14 heavy (non-hydrogen) atoms. The third-order valence-corrected chi connectivity index (χ3v) is 3.57. The highest BCUT2D eigenvalue weighted by atomic mass is 16.1. The fraction of sp³-hybridized carbons (Fsp3) is 0.417. The number of allylic oxidation sites excluding steroid dienone is 5. The lowest BCUT2D eigenvalue weighted by atomic mass is 9.86. The van der Waals surface area contributed by atoms with Gasteiger partial charge in [0.25, 0.3) is 0 Å². The van der Waals surface area contributed by atoms with E-state index in [0.717, 1.165) is 18.2 Å². The smallest absolute Gasteiger partial charge is 0.180 e. The third kappa shape index (κ3) is 0.788. The van der Waals surface area contributed by atoms with E-state index in [9.17, 15) is 4.79 Å². The summed E-state index contributed by atoms with van der Waals surface area (Å²) in [5.74, 6) is 0.850. The van der Waals surface area contributed by atoms with Crippen LogP contribution in [0.5, 0.6) is 0 Å². The Morgan fingerprint density at radius 1 is 1.57 bits per heavy atom. The molecule has 1 heterocycles. The van der Waals surface area contributed by atoms with Gasteiger partial charge >= 0.3 is 0 Å². The van der Waals surface area contributed by atoms with E-state index < -0.39 is 0 Å². The monoisotopic (exact) mass is 187 g/mol. The molecule has 0 bridgehead atoms. The van der Waals surface area contributed by atoms with Crippen LogP contribution >= 0.6 is 0 Å². The van der Waals surface area contributed by atoms with E-state index in [1.165, 1.54) is 12.0 Å². The van der Waals surface area contributed by atoms with Gasteiger partial charge in [-0.3, -0.25) is 4.79 Å². The van der Waals surface area contributed by atoms with E-state index in [2.05, 4.69) is 11.4 Å². The number of hydrogen-bond donors (Lipinski definition) is 1. The van der Waals surface area contributed by atoms with Gasteiger partial charge in [0.05, 0.1) is 0 Å². The van der Waals surface area contributed by atoms with Crippen molar-refractivity contribution in [3.05, 3.63) is 35.6 Å². The fourth-order valence-electron chi connectivity index (χ4n) is 2.83. The van der Waals surface area contributed by atoms with Crippen LogP contribution in [-0.2, 0) is 4.79 Å². The number of rotatable bonds is 1. The fourth-order valence-corrected chi connectivity index (χ4v) is 2.83. The van der Waals surface area contributed by atoms with Crippen LogP contribution in [-0.4, -0.2) is 12.3 Å². The van der Waals surface area contributed by atoms with Crippen LogP contribution in [0.1, 0.15) is 13.3 Å². The summed E-state index contributed by atoms with van der Waals surface area (Å²) in [6.45, 7) is 3.04. The zero-order valence-electron chi connectivity index (χ0n) is 8.21. The molecule has 2 nitrogen and oxygen atoms in total. The first-order valence-corrected chi connectivity index (χ1v) is 5.12. The molecule has 1 saturated heterocycles. The first kappa shape index (κ1) is 8.04. The lowest BCUT2D eigenvalue weighted by Crippen LogP contribution is -2.20. The summed E-state index contributed by atoms with van der Waals surface area (Å²) in [5.41, 5.74) is 2.57. The second kappa shape index (κ2) is 2.38. The quantitative estimate of drug-likeness (QED) is 0.675. The summed E-state index contributed by atoms with van der Waals surface area (Å²) >= 11 is 0. The van der Waals surface area contributed by atoms with Crippen LogP contribution in [0.2, 0.25) is 0 Å². The highest BCUT2D eigenvalue weighted by molar-refractivity contribution is 6.02. The van der Waals surface area contributed by atoms with Crippen molar-refractivity contribution < 1.29 is 4.79 Å². The molecule has 2 heteroatoms. The second-order valence-corrected chi connectivity index (χ2v) is 4.31. The number of hydrogen-bond acceptors (Lipinski definition) is 2. The molecular weight excluding hydrogens is 174 g/mol. The Kier molecular flexibility index (Phi) is 1.37. The maximum Gasteiger partial charge on any atom is 0.180 e. The molecule has 72 valence electrons. The van der Waals surface area contributed by atoms with Gasteiger partial charge in [-0.1, -0.05) is 12.2 Å². The molecule has 2 aliphatic carbocycles. The molecule has 1 aliphatic heterocycles. The van der Waals surface area contributed by atoms with Gasteiger partial charge in [-0.15, -0.1) is 0 Å². The number of piperidine rings is 1. The van der Waals surface area contributed by atoms with Gasteiger partial charge in [0.1, 0.15) is 0 Å². The van der Waals surface area contributed by atoms with Crippen molar-refractivity contribution in [1.29, 1.82) is 0 Å². The van der Waals surface area contributed by atoms with Crippen LogP contribution in [0.15, 0.2) is 35.6 Å². The highest BCUT2D eigenvalue weighted by Gasteiger charge is 2.63. The average Bonchev–Trinajstić information content (AvgIpc) is 2.77. The van der Waals surface area contributed by atoms with Crippen LogP contribution in [0.3, 0.4) is 0 Å². The zero-order chi connectivity index (χ0) is 9.76. The summed E-state index contributed by atoms with van der Waals surface area (Å²) in [6.07, 6.45) is 8.87. The van der Waals surface area contributed by atoms with Crippen LogP contribution < -0.4 is 5.32 Å². The number of carbonyl (C=O) groups excluding carboxylic acids is 1. The lowest BCUT2D eigenvalue weighted by molar-refractivity contribution is -0.110. The van der Waals surface area contributed by atoms with Gasteiger partial charge < -0.3 is 5.32 Å². The molecule has 2 atom stereocenters. The van der Waals surface area contributed by atoms with E-state index in [0.29, 0.717) is 0 Å². The Hall–Kier alpha value is -1.31. The van der Waals surface area contributed by atoms with Crippen LogP contribution in [0.4, 0.5) is 0 Å². The topological polar surface area (TPSA) is 29.1 Å². The molecule has 0 aromatic rings. The van der Waals surface area contributed by atoms with Gasteiger partial charge in [-0.2, -0.15) is 0 Å². The SMILES string of the molecule is CC=CC1=CC(=O)C=C2NCC3CC123. The minimum atomic E-state index is 0.124. The summed E-state index contributed by atoms with van der Waals surface area (Å²) in [4.78, 5) is 11.4. The first-order valence-electron chi connectivity index (χ1n) is 5.12. The van der Waals surface area contributed by atoms with Crippen molar-refractivity contribution in [2.24, 2.45) is 11.3 Å². The molecule has 2 unspecified atom stereocenters. The number of nitrogens with one attached hydrogen (secondary N) is 1. The maximum absolute atomic E-state index is 11.4. The predicted molar refractivity (Wildman–Crippen MR) is 54.5 cm³/mol. The molecule has 1 spiro atoms.